The fourth-order valence-electron chi connectivity index (χ4n) is 7.48. The van der Waals surface area contributed by atoms with E-state index in [1.807, 2.05) is 6.08 Å². The first-order valence-electron chi connectivity index (χ1n) is 9.69. The Bertz CT molecular complexity index is 642. The van der Waals surface area contributed by atoms with E-state index in [1.54, 1.807) is 0 Å². The molecule has 0 bridgehead atoms. The molecular weight excluding hydrogens is 316 g/mol. The second kappa shape index (κ2) is 4.69. The normalized spacial score (nSPS) is 56.6. The number of aliphatic hydroxyl groups is 1. The zero-order valence-electron chi connectivity index (χ0n) is 16.2. The van der Waals surface area contributed by atoms with Crippen LogP contribution in [0, 0.1) is 28.6 Å². The molecule has 0 aromatic carbocycles. The van der Waals surface area contributed by atoms with E-state index in [-0.39, 0.29) is 28.5 Å². The van der Waals surface area contributed by atoms with Gasteiger partial charge in [-0.2, -0.15) is 0 Å². The molecule has 2 saturated heterocycles. The Morgan fingerprint density at radius 3 is 2.36 bits per heavy atom. The van der Waals surface area contributed by atoms with Gasteiger partial charge in [0, 0.05) is 11.3 Å². The molecule has 2 heterocycles. The third kappa shape index (κ3) is 1.78. The molecule has 2 saturated carbocycles. The summed E-state index contributed by atoms with van der Waals surface area (Å²) in [5.41, 5.74) is -2.57. The number of esters is 1. The lowest BCUT2D eigenvalue weighted by Crippen LogP contribution is -2.61. The number of fused-ring (bicyclic) bond motifs is 5. The summed E-state index contributed by atoms with van der Waals surface area (Å²) in [6.07, 6.45) is 5.82. The highest BCUT2D eigenvalue weighted by Crippen LogP contribution is 2.73. The molecule has 0 spiro atoms. The number of cyclic esters (lactones) is 1. The van der Waals surface area contributed by atoms with Gasteiger partial charge in [0.1, 0.15) is 0 Å². The van der Waals surface area contributed by atoms with Gasteiger partial charge in [-0.25, -0.2) is 4.79 Å². The maximum atomic E-state index is 12.6. The third-order valence-corrected chi connectivity index (χ3v) is 8.80. The Morgan fingerprint density at radius 1 is 1.08 bits per heavy atom. The largest absolute Gasteiger partial charge is 0.463 e. The van der Waals surface area contributed by atoms with Crippen LogP contribution in [0.15, 0.2) is 12.7 Å². The monoisotopic (exact) mass is 348 g/mol. The van der Waals surface area contributed by atoms with Crippen LogP contribution in [0.2, 0.25) is 0 Å². The van der Waals surface area contributed by atoms with E-state index in [4.69, 9.17) is 9.47 Å². The van der Waals surface area contributed by atoms with Crippen LogP contribution < -0.4 is 0 Å². The van der Waals surface area contributed by atoms with Crippen molar-refractivity contribution >= 4 is 5.97 Å². The van der Waals surface area contributed by atoms with Crippen LogP contribution in [0.25, 0.3) is 0 Å². The van der Waals surface area contributed by atoms with Crippen LogP contribution in [0.3, 0.4) is 0 Å². The van der Waals surface area contributed by atoms with Crippen molar-refractivity contribution in [2.45, 2.75) is 77.1 Å². The number of hydrogen-bond donors (Lipinski definition) is 1. The Kier molecular flexibility index (Phi) is 3.29. The molecular formula is C21H32O4. The van der Waals surface area contributed by atoms with Gasteiger partial charge in [-0.05, 0) is 56.8 Å². The van der Waals surface area contributed by atoms with E-state index >= 15 is 0 Å². The van der Waals surface area contributed by atoms with Gasteiger partial charge in [0.05, 0.1) is 17.8 Å². The molecule has 0 unspecified atom stereocenters. The van der Waals surface area contributed by atoms with Crippen molar-refractivity contribution < 1.29 is 19.4 Å². The van der Waals surface area contributed by atoms with Crippen LogP contribution in [-0.4, -0.2) is 34.5 Å². The predicted octanol–water partition coefficient (Wildman–Crippen LogP) is 3.48. The maximum absolute atomic E-state index is 12.6. The Balaban J connectivity index is 1.82. The molecule has 0 amide bonds. The van der Waals surface area contributed by atoms with Crippen molar-refractivity contribution in [3.05, 3.63) is 12.7 Å². The van der Waals surface area contributed by atoms with Crippen molar-refractivity contribution in [2.24, 2.45) is 28.6 Å². The van der Waals surface area contributed by atoms with E-state index in [0.717, 1.165) is 25.7 Å². The second-order valence-electron chi connectivity index (χ2n) is 10.1. The van der Waals surface area contributed by atoms with Gasteiger partial charge in [0.2, 0.25) is 0 Å². The molecule has 2 aliphatic heterocycles. The number of rotatable bonds is 1. The lowest BCUT2D eigenvalue weighted by molar-refractivity contribution is -0.243. The zero-order chi connectivity index (χ0) is 18.5. The van der Waals surface area contributed by atoms with E-state index in [1.165, 1.54) is 0 Å². The number of hydrogen-bond acceptors (Lipinski definition) is 4. The SMILES string of the molecule is C=C[C@@]1(C)CC[C@H]2[C@@]3(C)[C@H]4COC(=O)[C@@]4(O)C(C)(C)[C@@H]3CC[C@@]2(C)O1. The van der Waals surface area contributed by atoms with Crippen molar-refractivity contribution in [1.82, 2.24) is 0 Å². The molecule has 1 N–H and O–H groups in total. The highest BCUT2D eigenvalue weighted by Gasteiger charge is 2.79. The van der Waals surface area contributed by atoms with E-state index < -0.39 is 17.0 Å². The van der Waals surface area contributed by atoms with Gasteiger partial charge < -0.3 is 14.6 Å². The first-order chi connectivity index (χ1) is 11.5. The lowest BCUT2D eigenvalue weighted by Gasteiger charge is -2.61. The van der Waals surface area contributed by atoms with E-state index in [9.17, 15) is 9.90 Å². The molecule has 0 radical (unpaired) electrons. The molecule has 4 aliphatic rings. The number of ether oxygens (including phenoxy) is 2. The Morgan fingerprint density at radius 2 is 1.72 bits per heavy atom. The minimum absolute atomic E-state index is 0.159. The van der Waals surface area contributed by atoms with Crippen molar-refractivity contribution in [1.29, 1.82) is 0 Å². The summed E-state index contributed by atoms with van der Waals surface area (Å²) in [7, 11) is 0. The minimum Gasteiger partial charge on any atom is -0.463 e. The van der Waals surface area contributed by atoms with Gasteiger partial charge >= 0.3 is 5.97 Å². The summed E-state index contributed by atoms with van der Waals surface area (Å²) in [6, 6.07) is 0. The highest BCUT2D eigenvalue weighted by molar-refractivity contribution is 5.84. The van der Waals surface area contributed by atoms with Gasteiger partial charge in [-0.15, -0.1) is 6.58 Å². The summed E-state index contributed by atoms with van der Waals surface area (Å²) in [5.74, 6) is 0.0125. The smallest absolute Gasteiger partial charge is 0.339 e. The Labute approximate surface area is 151 Å². The maximum Gasteiger partial charge on any atom is 0.339 e. The molecule has 0 aromatic heterocycles. The number of carbonyl (C=O) groups is 1. The Hall–Kier alpha value is -0.870. The van der Waals surface area contributed by atoms with Crippen LogP contribution in [0.5, 0.6) is 0 Å². The molecule has 2 aliphatic carbocycles. The summed E-state index contributed by atoms with van der Waals surface area (Å²) in [6.45, 7) is 15.0. The molecule has 25 heavy (non-hydrogen) atoms. The summed E-state index contributed by atoms with van der Waals surface area (Å²) in [5, 5.41) is 11.5. The predicted molar refractivity (Wildman–Crippen MR) is 94.8 cm³/mol. The first-order valence-corrected chi connectivity index (χ1v) is 9.69. The average Bonchev–Trinajstić information content (AvgIpc) is 2.89. The summed E-state index contributed by atoms with van der Waals surface area (Å²) < 4.78 is 12.0. The highest BCUT2D eigenvalue weighted by atomic mass is 16.6. The van der Waals surface area contributed by atoms with Crippen LogP contribution in [0.4, 0.5) is 0 Å². The summed E-state index contributed by atoms with van der Waals surface area (Å²) >= 11 is 0. The van der Waals surface area contributed by atoms with E-state index in [0.29, 0.717) is 12.5 Å². The van der Waals surface area contributed by atoms with Gasteiger partial charge in [0.15, 0.2) is 5.60 Å². The topological polar surface area (TPSA) is 55.8 Å². The van der Waals surface area contributed by atoms with Crippen LogP contribution >= 0.6 is 0 Å². The third-order valence-electron chi connectivity index (χ3n) is 8.80. The van der Waals surface area contributed by atoms with E-state index in [2.05, 4.69) is 41.2 Å². The molecule has 4 fully saturated rings. The van der Waals surface area contributed by atoms with Gasteiger partial charge in [-0.3, -0.25) is 0 Å². The minimum atomic E-state index is -1.38. The fourth-order valence-corrected chi connectivity index (χ4v) is 7.48. The van der Waals surface area contributed by atoms with Crippen LogP contribution in [0.1, 0.15) is 60.3 Å². The van der Waals surface area contributed by atoms with Crippen molar-refractivity contribution in [3.8, 4) is 0 Å². The summed E-state index contributed by atoms with van der Waals surface area (Å²) in [4.78, 5) is 12.6. The van der Waals surface area contributed by atoms with Gasteiger partial charge in [0.25, 0.3) is 0 Å². The average molecular weight is 348 g/mol. The van der Waals surface area contributed by atoms with Crippen molar-refractivity contribution in [2.75, 3.05) is 6.61 Å². The first kappa shape index (κ1) is 17.5. The molecule has 7 atom stereocenters. The fraction of sp³-hybridized carbons (Fsp3) is 0.857. The molecule has 4 rings (SSSR count). The zero-order valence-corrected chi connectivity index (χ0v) is 16.2. The number of carbonyl (C=O) groups excluding carboxylic acids is 1. The van der Waals surface area contributed by atoms with Crippen molar-refractivity contribution in [3.63, 3.8) is 0 Å². The molecule has 4 nitrogen and oxygen atoms in total. The quantitative estimate of drug-likeness (QED) is 0.582. The lowest BCUT2D eigenvalue weighted by atomic mass is 9.50. The van der Waals surface area contributed by atoms with Gasteiger partial charge in [-0.1, -0.05) is 26.8 Å². The molecule has 0 aromatic rings. The molecule has 140 valence electrons. The molecule has 4 heteroatoms. The van der Waals surface area contributed by atoms with Crippen LogP contribution in [-0.2, 0) is 14.3 Å². The standard InChI is InChI=1S/C21H32O4/c1-7-18(4)10-8-14-19(5,25-18)11-9-13-17(2,3)21(23)15(20(13,14)6)12-24-16(21)22/h7,13-15,23H,1,8-12H2,2-6H3/t13-,14+,15+,18-,19+,20-,21+/m0/s1. The second-order valence-corrected chi connectivity index (χ2v) is 10.1.